The zero-order valence-corrected chi connectivity index (χ0v) is 15.9. The smallest absolute Gasteiger partial charge is 0.261 e. The molecule has 1 aliphatic heterocycles. The maximum atomic E-state index is 12.8. The van der Waals surface area contributed by atoms with Crippen molar-refractivity contribution in [1.29, 1.82) is 5.26 Å². The van der Waals surface area contributed by atoms with E-state index >= 15 is 0 Å². The lowest BCUT2D eigenvalue weighted by Crippen LogP contribution is -2.41. The van der Waals surface area contributed by atoms with Crippen molar-refractivity contribution in [2.75, 3.05) is 13.2 Å². The van der Waals surface area contributed by atoms with Crippen molar-refractivity contribution in [3.63, 3.8) is 0 Å². The number of para-hydroxylation sites is 1. The van der Waals surface area contributed by atoms with Crippen molar-refractivity contribution in [3.05, 3.63) is 66.0 Å². The zero-order valence-electron chi connectivity index (χ0n) is 15.9. The molecule has 146 valence electrons. The minimum Gasteiger partial charge on any atom is -0.484 e. The monoisotopic (exact) mass is 387 g/mol. The molecule has 0 radical (unpaired) electrons. The van der Waals surface area contributed by atoms with E-state index in [-0.39, 0.29) is 18.6 Å². The number of benzene rings is 2. The zero-order chi connectivity index (χ0) is 20.1. The van der Waals surface area contributed by atoms with Gasteiger partial charge in [-0.15, -0.1) is 0 Å². The number of nitriles is 1. The summed E-state index contributed by atoms with van der Waals surface area (Å²) in [6.45, 7) is 0.660. The normalized spacial score (nSPS) is 16.2. The number of carbonyl (C=O) groups is 1. The molecule has 0 unspecified atom stereocenters. The van der Waals surface area contributed by atoms with E-state index in [0.717, 1.165) is 24.8 Å². The van der Waals surface area contributed by atoms with Gasteiger partial charge < -0.3 is 9.64 Å². The highest BCUT2D eigenvalue weighted by Crippen LogP contribution is 2.30. The predicted octanol–water partition coefficient (Wildman–Crippen LogP) is 3.48. The van der Waals surface area contributed by atoms with Gasteiger partial charge in [0.25, 0.3) is 5.91 Å². The fraction of sp³-hybridized carbons (Fsp3) is 0.273. The summed E-state index contributed by atoms with van der Waals surface area (Å²) >= 11 is 0. The topological polar surface area (TPSA) is 94.9 Å². The van der Waals surface area contributed by atoms with Crippen LogP contribution in [0.2, 0.25) is 0 Å². The molecule has 1 saturated heterocycles. The van der Waals surface area contributed by atoms with Crippen LogP contribution in [0.15, 0.2) is 54.6 Å². The summed E-state index contributed by atoms with van der Waals surface area (Å²) in [6.07, 6.45) is 2.80. The van der Waals surface area contributed by atoms with E-state index < -0.39 is 0 Å². The van der Waals surface area contributed by atoms with Gasteiger partial charge in [0.05, 0.1) is 17.7 Å². The maximum absolute atomic E-state index is 12.8. The summed E-state index contributed by atoms with van der Waals surface area (Å²) in [5, 5.41) is 16.4. The Balaban J connectivity index is 1.49. The lowest BCUT2D eigenvalue weighted by atomic mass is 10.0. The highest BCUT2D eigenvalue weighted by molar-refractivity contribution is 5.78. The SMILES string of the molecule is N#Cc1cccc(-c2n[nH]c([C@H]3CCCCN3C(=O)COc3ccccc3)n2)c1. The van der Waals surface area contributed by atoms with Crippen LogP contribution in [0.5, 0.6) is 5.75 Å². The van der Waals surface area contributed by atoms with Gasteiger partial charge in [0.15, 0.2) is 12.4 Å². The molecule has 0 spiro atoms. The highest BCUT2D eigenvalue weighted by atomic mass is 16.5. The number of likely N-dealkylation sites (tertiary alicyclic amines) is 1. The van der Waals surface area contributed by atoms with Crippen molar-refractivity contribution >= 4 is 5.91 Å². The van der Waals surface area contributed by atoms with Crippen molar-refractivity contribution in [1.82, 2.24) is 20.1 Å². The molecule has 29 heavy (non-hydrogen) atoms. The molecule has 1 aliphatic rings. The van der Waals surface area contributed by atoms with Gasteiger partial charge in [0.1, 0.15) is 11.6 Å². The van der Waals surface area contributed by atoms with Crippen molar-refractivity contribution in [2.45, 2.75) is 25.3 Å². The molecule has 1 fully saturated rings. The predicted molar refractivity (Wildman–Crippen MR) is 107 cm³/mol. The Morgan fingerprint density at radius 3 is 2.90 bits per heavy atom. The summed E-state index contributed by atoms with van der Waals surface area (Å²) in [5.74, 6) is 1.79. The number of rotatable bonds is 5. The number of H-pyrrole nitrogens is 1. The van der Waals surface area contributed by atoms with Crippen LogP contribution in [0.3, 0.4) is 0 Å². The number of hydrogen-bond acceptors (Lipinski definition) is 5. The third-order valence-corrected chi connectivity index (χ3v) is 5.00. The Kier molecular flexibility index (Phi) is 5.52. The minimum atomic E-state index is -0.156. The van der Waals surface area contributed by atoms with Gasteiger partial charge in [0.2, 0.25) is 0 Å². The first-order valence-electron chi connectivity index (χ1n) is 9.65. The Morgan fingerprint density at radius 2 is 2.07 bits per heavy atom. The van der Waals surface area contributed by atoms with Crippen molar-refractivity contribution < 1.29 is 9.53 Å². The van der Waals surface area contributed by atoms with Gasteiger partial charge in [-0.1, -0.05) is 30.3 Å². The number of ether oxygens (including phenoxy) is 1. The second kappa shape index (κ2) is 8.57. The molecule has 1 atom stereocenters. The fourth-order valence-corrected chi connectivity index (χ4v) is 3.54. The van der Waals surface area contributed by atoms with E-state index in [1.807, 2.05) is 41.3 Å². The van der Waals surface area contributed by atoms with Gasteiger partial charge in [-0.05, 0) is 43.5 Å². The summed E-state index contributed by atoms with van der Waals surface area (Å²) < 4.78 is 5.64. The van der Waals surface area contributed by atoms with Crippen LogP contribution in [0.1, 0.15) is 36.7 Å². The first kappa shape index (κ1) is 18.7. The van der Waals surface area contributed by atoms with E-state index in [0.29, 0.717) is 29.5 Å². The third kappa shape index (κ3) is 4.27. The van der Waals surface area contributed by atoms with E-state index in [9.17, 15) is 4.79 Å². The fourth-order valence-electron chi connectivity index (χ4n) is 3.54. The van der Waals surface area contributed by atoms with E-state index in [1.54, 1.807) is 18.2 Å². The van der Waals surface area contributed by atoms with Gasteiger partial charge in [0, 0.05) is 12.1 Å². The molecule has 0 aliphatic carbocycles. The summed E-state index contributed by atoms with van der Waals surface area (Å²) in [5.41, 5.74) is 1.33. The number of aromatic nitrogens is 3. The van der Waals surface area contributed by atoms with Crippen molar-refractivity contribution in [2.24, 2.45) is 0 Å². The lowest BCUT2D eigenvalue weighted by Gasteiger charge is -2.34. The second-order valence-electron chi connectivity index (χ2n) is 6.94. The number of nitrogens with zero attached hydrogens (tertiary/aromatic N) is 4. The van der Waals surface area contributed by atoms with Crippen LogP contribution in [0, 0.1) is 11.3 Å². The maximum Gasteiger partial charge on any atom is 0.261 e. The van der Waals surface area contributed by atoms with Gasteiger partial charge in [-0.25, -0.2) is 4.98 Å². The Hall–Kier alpha value is -3.66. The first-order chi connectivity index (χ1) is 14.2. The third-order valence-electron chi connectivity index (χ3n) is 5.00. The number of carbonyl (C=O) groups excluding carboxylic acids is 1. The average molecular weight is 387 g/mol. The molecular weight excluding hydrogens is 366 g/mol. The quantitative estimate of drug-likeness (QED) is 0.723. The number of hydrogen-bond donors (Lipinski definition) is 1. The largest absolute Gasteiger partial charge is 0.484 e. The molecular formula is C22H21N5O2. The molecule has 7 nitrogen and oxygen atoms in total. The molecule has 4 rings (SSSR count). The van der Waals surface area contributed by atoms with E-state index in [2.05, 4.69) is 21.3 Å². The Labute approximate surface area is 169 Å². The van der Waals surface area contributed by atoms with Crippen LogP contribution < -0.4 is 4.74 Å². The van der Waals surface area contributed by atoms with Gasteiger partial charge in [-0.2, -0.15) is 10.4 Å². The van der Waals surface area contributed by atoms with Gasteiger partial charge in [-0.3, -0.25) is 9.89 Å². The summed E-state index contributed by atoms with van der Waals surface area (Å²) in [7, 11) is 0. The second-order valence-corrected chi connectivity index (χ2v) is 6.94. The standard InChI is InChI=1S/C22H21N5O2/c23-14-16-7-6-8-17(13-16)21-24-22(26-25-21)19-11-4-5-12-27(19)20(28)15-29-18-9-2-1-3-10-18/h1-3,6-10,13,19H,4-5,11-12,15H2,(H,24,25,26)/t19-/m1/s1. The van der Waals surface area contributed by atoms with Crippen LogP contribution in [0.25, 0.3) is 11.4 Å². The highest BCUT2D eigenvalue weighted by Gasteiger charge is 2.30. The van der Waals surface area contributed by atoms with Gasteiger partial charge >= 0.3 is 0 Å². The number of aromatic amines is 1. The molecule has 3 aromatic rings. The minimum absolute atomic E-state index is 0.00821. The van der Waals surface area contributed by atoms with E-state index in [1.165, 1.54) is 0 Å². The average Bonchev–Trinajstić information content (AvgIpc) is 3.28. The number of amides is 1. The molecule has 1 aromatic heterocycles. The molecule has 1 N–H and O–H groups in total. The Morgan fingerprint density at radius 1 is 1.21 bits per heavy atom. The van der Waals surface area contributed by atoms with Crippen LogP contribution in [0.4, 0.5) is 0 Å². The molecule has 1 amide bonds. The van der Waals surface area contributed by atoms with Crippen LogP contribution in [-0.4, -0.2) is 39.1 Å². The van der Waals surface area contributed by atoms with E-state index in [4.69, 9.17) is 10.00 Å². The molecule has 7 heteroatoms. The van der Waals surface area contributed by atoms with Crippen molar-refractivity contribution in [3.8, 4) is 23.2 Å². The number of nitrogens with one attached hydrogen (secondary N) is 1. The molecule has 0 bridgehead atoms. The Bertz CT molecular complexity index is 1020. The summed E-state index contributed by atoms with van der Waals surface area (Å²) in [4.78, 5) is 19.3. The first-order valence-corrected chi connectivity index (χ1v) is 9.65. The molecule has 2 heterocycles. The number of piperidine rings is 1. The van der Waals surface area contributed by atoms with Crippen LogP contribution in [-0.2, 0) is 4.79 Å². The summed E-state index contributed by atoms with van der Waals surface area (Å²) in [6, 6.07) is 18.5. The molecule has 0 saturated carbocycles. The molecule has 2 aromatic carbocycles. The lowest BCUT2D eigenvalue weighted by molar-refractivity contribution is -0.137. The van der Waals surface area contributed by atoms with Crippen LogP contribution >= 0.6 is 0 Å².